The molecule has 0 radical (unpaired) electrons. The summed E-state index contributed by atoms with van der Waals surface area (Å²) in [7, 11) is 0. The zero-order chi connectivity index (χ0) is 10.3. The van der Waals surface area contributed by atoms with E-state index in [0.29, 0.717) is 10.2 Å². The van der Waals surface area contributed by atoms with Crippen molar-refractivity contribution in [3.8, 4) is 0 Å². The van der Waals surface area contributed by atoms with E-state index in [-0.39, 0.29) is 10.7 Å². The number of nitrogens with zero attached hydrogens (tertiary/aromatic N) is 3. The number of benzene rings is 1. The van der Waals surface area contributed by atoms with Crippen molar-refractivity contribution < 1.29 is 4.92 Å². The van der Waals surface area contributed by atoms with Gasteiger partial charge in [-0.3, -0.25) is 10.1 Å². The molecule has 2 aromatic rings. The smallest absolute Gasteiger partial charge is 0.258 e. The Morgan fingerprint density at radius 2 is 2.36 bits per heavy atom. The molecule has 5 nitrogen and oxygen atoms in total. The van der Waals surface area contributed by atoms with Crippen molar-refractivity contribution in [2.24, 2.45) is 0 Å². The van der Waals surface area contributed by atoms with Gasteiger partial charge in [-0.15, -0.1) is 5.10 Å². The molecule has 0 fully saturated rings. The van der Waals surface area contributed by atoms with Crippen LogP contribution in [-0.2, 0) is 0 Å². The lowest BCUT2D eigenvalue weighted by Gasteiger charge is -1.97. The number of nitro benzene ring substituents is 1. The Morgan fingerprint density at radius 3 is 3.00 bits per heavy atom. The number of aryl methyl sites for hydroxylation is 1. The van der Waals surface area contributed by atoms with Gasteiger partial charge in [0.2, 0.25) is 0 Å². The Bertz CT molecular complexity index is 525. The molecule has 7 heteroatoms. The molecule has 0 unspecified atom stereocenters. The van der Waals surface area contributed by atoms with Crippen molar-refractivity contribution in [3.63, 3.8) is 0 Å². The van der Waals surface area contributed by atoms with E-state index >= 15 is 0 Å². The highest BCUT2D eigenvalue weighted by molar-refractivity contribution is 7.13. The minimum Gasteiger partial charge on any atom is -0.258 e. The summed E-state index contributed by atoms with van der Waals surface area (Å²) in [4.78, 5) is 10.2. The van der Waals surface area contributed by atoms with E-state index in [4.69, 9.17) is 11.6 Å². The van der Waals surface area contributed by atoms with Crippen LogP contribution in [0.2, 0.25) is 5.02 Å². The number of aromatic nitrogens is 2. The van der Waals surface area contributed by atoms with Gasteiger partial charge in [-0.05, 0) is 30.1 Å². The number of hydrogen-bond acceptors (Lipinski definition) is 5. The second-order valence-corrected chi connectivity index (χ2v) is 3.89. The van der Waals surface area contributed by atoms with Crippen LogP contribution in [0.15, 0.2) is 6.07 Å². The third-order valence-corrected chi connectivity index (χ3v) is 2.85. The SMILES string of the molecule is Cc1cc(Cl)c([N+](=O)[O-])c2snnc12. The largest absolute Gasteiger partial charge is 0.308 e. The highest BCUT2D eigenvalue weighted by atomic mass is 35.5. The maximum atomic E-state index is 10.7. The molecule has 14 heavy (non-hydrogen) atoms. The predicted molar refractivity (Wildman–Crippen MR) is 53.8 cm³/mol. The summed E-state index contributed by atoms with van der Waals surface area (Å²) < 4.78 is 4.11. The monoisotopic (exact) mass is 229 g/mol. The summed E-state index contributed by atoms with van der Waals surface area (Å²) in [5.74, 6) is 0. The molecule has 0 amide bonds. The second kappa shape index (κ2) is 3.14. The van der Waals surface area contributed by atoms with Gasteiger partial charge in [0.15, 0.2) is 4.70 Å². The standard InChI is InChI=1S/C7H4ClN3O2S/c1-3-2-4(8)6(11(12)13)7-5(3)9-10-14-7/h2H,1H3. The van der Waals surface area contributed by atoms with E-state index in [2.05, 4.69) is 9.59 Å². The van der Waals surface area contributed by atoms with Gasteiger partial charge in [0.25, 0.3) is 0 Å². The topological polar surface area (TPSA) is 68.9 Å². The molecule has 0 atom stereocenters. The normalized spacial score (nSPS) is 10.7. The Balaban J connectivity index is 2.93. The molecule has 2 rings (SSSR count). The van der Waals surface area contributed by atoms with Gasteiger partial charge in [-0.2, -0.15) is 0 Å². The summed E-state index contributed by atoms with van der Waals surface area (Å²) in [6, 6.07) is 1.53. The molecule has 72 valence electrons. The van der Waals surface area contributed by atoms with Gasteiger partial charge in [0.05, 0.1) is 4.92 Å². The molecule has 0 aliphatic carbocycles. The molecule has 0 aliphatic rings. The lowest BCUT2D eigenvalue weighted by atomic mass is 10.2. The van der Waals surface area contributed by atoms with E-state index in [1.165, 1.54) is 6.07 Å². The van der Waals surface area contributed by atoms with Gasteiger partial charge in [-0.1, -0.05) is 16.1 Å². The Hall–Kier alpha value is -1.27. The highest BCUT2D eigenvalue weighted by Gasteiger charge is 2.21. The van der Waals surface area contributed by atoms with Crippen LogP contribution in [0, 0.1) is 17.0 Å². The molecule has 1 aromatic heterocycles. The van der Waals surface area contributed by atoms with Crippen LogP contribution in [0.4, 0.5) is 5.69 Å². The predicted octanol–water partition coefficient (Wildman–Crippen LogP) is 2.56. The molecule has 0 saturated carbocycles. The van der Waals surface area contributed by atoms with Crippen LogP contribution in [0.1, 0.15) is 5.56 Å². The molecular formula is C7H4ClN3O2S. The van der Waals surface area contributed by atoms with Gasteiger partial charge < -0.3 is 0 Å². The maximum Gasteiger partial charge on any atom is 0.308 e. The van der Waals surface area contributed by atoms with Crippen LogP contribution < -0.4 is 0 Å². The molecule has 1 heterocycles. The number of halogens is 1. The van der Waals surface area contributed by atoms with Crippen molar-refractivity contribution >= 4 is 39.0 Å². The van der Waals surface area contributed by atoms with Gasteiger partial charge >= 0.3 is 5.69 Å². The molecule has 0 bridgehead atoms. The third kappa shape index (κ3) is 1.23. The van der Waals surface area contributed by atoms with Gasteiger partial charge in [0, 0.05) is 0 Å². The lowest BCUT2D eigenvalue weighted by molar-refractivity contribution is -0.382. The molecule has 0 spiro atoms. The van der Waals surface area contributed by atoms with Crippen molar-refractivity contribution in [2.75, 3.05) is 0 Å². The van der Waals surface area contributed by atoms with Gasteiger partial charge in [-0.25, -0.2) is 0 Å². The van der Waals surface area contributed by atoms with Crippen LogP contribution in [-0.4, -0.2) is 14.5 Å². The van der Waals surface area contributed by atoms with Crippen molar-refractivity contribution in [1.82, 2.24) is 9.59 Å². The van der Waals surface area contributed by atoms with Gasteiger partial charge in [0.1, 0.15) is 10.5 Å². The minimum absolute atomic E-state index is 0.109. The fourth-order valence-corrected chi connectivity index (χ4v) is 2.36. The minimum atomic E-state index is -0.510. The molecule has 0 aliphatic heterocycles. The quantitative estimate of drug-likeness (QED) is 0.557. The van der Waals surface area contributed by atoms with E-state index in [9.17, 15) is 10.1 Å². The molecule has 1 aromatic carbocycles. The van der Waals surface area contributed by atoms with Crippen LogP contribution in [0.25, 0.3) is 10.2 Å². The Labute approximate surface area is 87.6 Å². The first-order chi connectivity index (χ1) is 6.61. The second-order valence-electron chi connectivity index (χ2n) is 2.73. The van der Waals surface area contributed by atoms with Crippen LogP contribution in [0.5, 0.6) is 0 Å². The maximum absolute atomic E-state index is 10.7. The number of fused-ring (bicyclic) bond motifs is 1. The number of rotatable bonds is 1. The first kappa shape index (κ1) is 9.29. The van der Waals surface area contributed by atoms with Crippen molar-refractivity contribution in [1.29, 1.82) is 0 Å². The Kier molecular flexibility index (Phi) is 2.09. The van der Waals surface area contributed by atoms with E-state index in [1.54, 1.807) is 6.92 Å². The van der Waals surface area contributed by atoms with E-state index < -0.39 is 4.92 Å². The first-order valence-electron chi connectivity index (χ1n) is 3.67. The summed E-state index contributed by atoms with van der Waals surface area (Å²) in [6.45, 7) is 1.79. The molecule has 0 saturated heterocycles. The number of hydrogen-bond donors (Lipinski definition) is 0. The van der Waals surface area contributed by atoms with Crippen LogP contribution >= 0.6 is 23.1 Å². The average Bonchev–Trinajstić information content (AvgIpc) is 2.51. The fraction of sp³-hybridized carbons (Fsp3) is 0.143. The molecular weight excluding hydrogens is 226 g/mol. The summed E-state index contributed by atoms with van der Waals surface area (Å²) in [5, 5.41) is 14.7. The average molecular weight is 230 g/mol. The zero-order valence-electron chi connectivity index (χ0n) is 7.02. The fourth-order valence-electron chi connectivity index (χ4n) is 1.21. The summed E-state index contributed by atoms with van der Waals surface area (Å²) in [5.41, 5.74) is 1.23. The molecule has 0 N–H and O–H groups in total. The van der Waals surface area contributed by atoms with Crippen molar-refractivity contribution in [3.05, 3.63) is 26.8 Å². The van der Waals surface area contributed by atoms with E-state index in [0.717, 1.165) is 17.1 Å². The zero-order valence-corrected chi connectivity index (χ0v) is 8.59. The van der Waals surface area contributed by atoms with Crippen molar-refractivity contribution in [2.45, 2.75) is 6.92 Å². The number of nitro groups is 1. The third-order valence-electron chi connectivity index (χ3n) is 1.83. The summed E-state index contributed by atoms with van der Waals surface area (Å²) >= 11 is 6.75. The lowest BCUT2D eigenvalue weighted by Crippen LogP contribution is -1.90. The summed E-state index contributed by atoms with van der Waals surface area (Å²) in [6.07, 6.45) is 0. The van der Waals surface area contributed by atoms with E-state index in [1.807, 2.05) is 0 Å². The van der Waals surface area contributed by atoms with Crippen LogP contribution in [0.3, 0.4) is 0 Å². The Morgan fingerprint density at radius 1 is 1.64 bits per heavy atom. The first-order valence-corrected chi connectivity index (χ1v) is 4.82. The highest BCUT2D eigenvalue weighted by Crippen LogP contribution is 2.36.